The van der Waals surface area contributed by atoms with Gasteiger partial charge in [0.15, 0.2) is 0 Å². The average Bonchev–Trinajstić information content (AvgIpc) is 2.46. The number of carboxylic acids is 1. The molecule has 0 aliphatic carbocycles. The summed E-state index contributed by atoms with van der Waals surface area (Å²) < 4.78 is 1.38. The molecular formula is C6H11N5O2. The Morgan fingerprint density at radius 1 is 1.77 bits per heavy atom. The van der Waals surface area contributed by atoms with Crippen LogP contribution in [-0.4, -0.2) is 37.3 Å². The van der Waals surface area contributed by atoms with Gasteiger partial charge >= 0.3 is 5.97 Å². The van der Waals surface area contributed by atoms with Crippen LogP contribution in [0.1, 0.15) is 13.3 Å². The smallest absolute Gasteiger partial charge is 0.326 e. The van der Waals surface area contributed by atoms with E-state index in [0.29, 0.717) is 12.4 Å². The standard InChI is InChI=1S/C6H11N5O2/c1-3-4(5(12)13)7-6-8-9-10-11(6)2/h4H,3H2,1-2H3,(H,12,13)(H,7,8,10). The zero-order chi connectivity index (χ0) is 9.84. The molecule has 0 bridgehead atoms. The van der Waals surface area contributed by atoms with Crippen molar-refractivity contribution in [3.8, 4) is 0 Å². The first-order chi connectivity index (χ1) is 6.15. The molecule has 0 radical (unpaired) electrons. The SMILES string of the molecule is CCC(Nc1nnnn1C)C(=O)O. The number of carbonyl (C=O) groups is 1. The number of carboxylic acid groups (broad SMARTS) is 1. The van der Waals surface area contributed by atoms with Crippen molar-refractivity contribution in [1.82, 2.24) is 20.2 Å². The van der Waals surface area contributed by atoms with Crippen molar-refractivity contribution in [2.75, 3.05) is 5.32 Å². The fraction of sp³-hybridized carbons (Fsp3) is 0.667. The molecule has 1 aromatic heterocycles. The van der Waals surface area contributed by atoms with Crippen LogP contribution in [0.5, 0.6) is 0 Å². The van der Waals surface area contributed by atoms with Crippen molar-refractivity contribution >= 4 is 11.9 Å². The molecule has 1 atom stereocenters. The number of tetrazole rings is 1. The van der Waals surface area contributed by atoms with E-state index in [4.69, 9.17) is 5.11 Å². The lowest BCUT2D eigenvalue weighted by Gasteiger charge is -2.10. The van der Waals surface area contributed by atoms with Crippen LogP contribution in [0, 0.1) is 0 Å². The molecule has 0 aromatic carbocycles. The molecule has 0 saturated carbocycles. The molecule has 0 amide bonds. The molecule has 1 unspecified atom stereocenters. The minimum Gasteiger partial charge on any atom is -0.480 e. The lowest BCUT2D eigenvalue weighted by atomic mass is 10.2. The van der Waals surface area contributed by atoms with Gasteiger partial charge in [-0.25, -0.2) is 9.48 Å². The van der Waals surface area contributed by atoms with Crippen LogP contribution in [0.4, 0.5) is 5.95 Å². The van der Waals surface area contributed by atoms with Gasteiger partial charge in [0, 0.05) is 7.05 Å². The topological polar surface area (TPSA) is 92.9 Å². The first kappa shape index (κ1) is 9.43. The predicted molar refractivity (Wildman–Crippen MR) is 44.1 cm³/mol. The summed E-state index contributed by atoms with van der Waals surface area (Å²) in [6.07, 6.45) is 0.474. The summed E-state index contributed by atoms with van der Waals surface area (Å²) in [5.41, 5.74) is 0. The van der Waals surface area contributed by atoms with Gasteiger partial charge < -0.3 is 10.4 Å². The number of aryl methyl sites for hydroxylation is 1. The van der Waals surface area contributed by atoms with Crippen molar-refractivity contribution in [2.45, 2.75) is 19.4 Å². The minimum atomic E-state index is -0.912. The Balaban J connectivity index is 2.67. The maximum Gasteiger partial charge on any atom is 0.326 e. The Morgan fingerprint density at radius 3 is 2.85 bits per heavy atom. The average molecular weight is 185 g/mol. The Labute approximate surface area is 74.7 Å². The lowest BCUT2D eigenvalue weighted by Crippen LogP contribution is -2.29. The molecule has 7 nitrogen and oxygen atoms in total. The van der Waals surface area contributed by atoms with E-state index in [0.717, 1.165) is 0 Å². The van der Waals surface area contributed by atoms with Crippen molar-refractivity contribution in [3.05, 3.63) is 0 Å². The summed E-state index contributed by atoms with van der Waals surface area (Å²) in [6.45, 7) is 1.77. The number of aliphatic carboxylic acids is 1. The van der Waals surface area contributed by atoms with Crippen molar-refractivity contribution in [3.63, 3.8) is 0 Å². The minimum absolute atomic E-state index is 0.356. The number of anilines is 1. The molecule has 0 aliphatic heterocycles. The molecule has 1 heterocycles. The number of rotatable bonds is 4. The third-order valence-corrected chi connectivity index (χ3v) is 1.63. The van der Waals surface area contributed by atoms with Crippen LogP contribution >= 0.6 is 0 Å². The first-order valence-electron chi connectivity index (χ1n) is 3.86. The highest BCUT2D eigenvalue weighted by molar-refractivity contribution is 5.76. The second-order valence-corrected chi connectivity index (χ2v) is 2.57. The van der Waals surface area contributed by atoms with E-state index in [1.165, 1.54) is 4.68 Å². The van der Waals surface area contributed by atoms with Crippen molar-refractivity contribution in [1.29, 1.82) is 0 Å². The predicted octanol–water partition coefficient (Wildman–Crippen LogP) is -0.515. The fourth-order valence-electron chi connectivity index (χ4n) is 0.846. The van der Waals surface area contributed by atoms with E-state index < -0.39 is 12.0 Å². The maximum absolute atomic E-state index is 10.6. The van der Waals surface area contributed by atoms with E-state index in [1.54, 1.807) is 14.0 Å². The van der Waals surface area contributed by atoms with Gasteiger partial charge in [0.2, 0.25) is 5.95 Å². The highest BCUT2D eigenvalue weighted by Gasteiger charge is 2.16. The molecule has 2 N–H and O–H groups in total. The highest BCUT2D eigenvalue weighted by atomic mass is 16.4. The number of aromatic nitrogens is 4. The summed E-state index contributed by atoms with van der Waals surface area (Å²) in [6, 6.07) is -0.648. The number of nitrogens with zero attached hydrogens (tertiary/aromatic N) is 4. The summed E-state index contributed by atoms with van der Waals surface area (Å²) in [5.74, 6) is -0.556. The van der Waals surface area contributed by atoms with Gasteiger partial charge in [0.25, 0.3) is 0 Å². The molecule has 0 saturated heterocycles. The molecule has 1 rings (SSSR count). The van der Waals surface area contributed by atoms with E-state index in [1.807, 2.05) is 0 Å². The summed E-state index contributed by atoms with van der Waals surface area (Å²) in [5, 5.41) is 22.0. The molecule has 0 spiro atoms. The van der Waals surface area contributed by atoms with E-state index in [2.05, 4.69) is 20.8 Å². The summed E-state index contributed by atoms with van der Waals surface area (Å²) in [4.78, 5) is 10.6. The van der Waals surface area contributed by atoms with Gasteiger partial charge in [0.1, 0.15) is 6.04 Å². The molecule has 7 heteroatoms. The number of hydrogen-bond donors (Lipinski definition) is 2. The van der Waals surface area contributed by atoms with Crippen molar-refractivity contribution < 1.29 is 9.90 Å². The zero-order valence-electron chi connectivity index (χ0n) is 7.43. The van der Waals surface area contributed by atoms with Gasteiger partial charge in [0.05, 0.1) is 0 Å². The monoisotopic (exact) mass is 185 g/mol. The highest BCUT2D eigenvalue weighted by Crippen LogP contribution is 2.02. The molecule has 0 aliphatic rings. The number of hydrogen-bond acceptors (Lipinski definition) is 5. The van der Waals surface area contributed by atoms with E-state index >= 15 is 0 Å². The Hall–Kier alpha value is -1.66. The van der Waals surface area contributed by atoms with E-state index in [9.17, 15) is 4.79 Å². The van der Waals surface area contributed by atoms with Gasteiger partial charge in [-0.2, -0.15) is 0 Å². The Morgan fingerprint density at radius 2 is 2.46 bits per heavy atom. The largest absolute Gasteiger partial charge is 0.480 e. The quantitative estimate of drug-likeness (QED) is 0.656. The fourth-order valence-corrected chi connectivity index (χ4v) is 0.846. The van der Waals surface area contributed by atoms with Gasteiger partial charge in [-0.15, -0.1) is 0 Å². The Bertz CT molecular complexity index is 297. The van der Waals surface area contributed by atoms with Crippen LogP contribution in [-0.2, 0) is 11.8 Å². The first-order valence-corrected chi connectivity index (χ1v) is 3.86. The van der Waals surface area contributed by atoms with Gasteiger partial charge in [-0.1, -0.05) is 12.0 Å². The third-order valence-electron chi connectivity index (χ3n) is 1.63. The molecule has 0 fully saturated rings. The number of nitrogens with one attached hydrogen (secondary N) is 1. The summed E-state index contributed by atoms with van der Waals surface area (Å²) in [7, 11) is 1.64. The molecule has 72 valence electrons. The van der Waals surface area contributed by atoms with Gasteiger partial charge in [-0.05, 0) is 16.8 Å². The second kappa shape index (κ2) is 3.83. The lowest BCUT2D eigenvalue weighted by molar-refractivity contribution is -0.138. The van der Waals surface area contributed by atoms with Crippen LogP contribution in [0.2, 0.25) is 0 Å². The maximum atomic E-state index is 10.6. The molecule has 1 aromatic rings. The summed E-state index contributed by atoms with van der Waals surface area (Å²) >= 11 is 0. The van der Waals surface area contributed by atoms with Crippen LogP contribution in [0.25, 0.3) is 0 Å². The van der Waals surface area contributed by atoms with E-state index in [-0.39, 0.29) is 0 Å². The molecular weight excluding hydrogens is 174 g/mol. The third kappa shape index (κ3) is 2.14. The van der Waals surface area contributed by atoms with Crippen molar-refractivity contribution in [2.24, 2.45) is 7.05 Å². The van der Waals surface area contributed by atoms with Gasteiger partial charge in [-0.3, -0.25) is 0 Å². The Kier molecular flexibility index (Phi) is 2.78. The molecule has 13 heavy (non-hydrogen) atoms. The second-order valence-electron chi connectivity index (χ2n) is 2.57. The normalized spacial score (nSPS) is 12.5. The van der Waals surface area contributed by atoms with Crippen LogP contribution < -0.4 is 5.32 Å². The zero-order valence-corrected chi connectivity index (χ0v) is 7.43. The van der Waals surface area contributed by atoms with Crippen LogP contribution in [0.15, 0.2) is 0 Å². The van der Waals surface area contributed by atoms with Crippen LogP contribution in [0.3, 0.4) is 0 Å².